The Balaban J connectivity index is 1.29. The number of rotatable bonds is 6. The predicted molar refractivity (Wildman–Crippen MR) is 103 cm³/mol. The lowest BCUT2D eigenvalue weighted by Crippen LogP contribution is -2.46. The Morgan fingerprint density at radius 3 is 2.35 bits per heavy atom. The molecule has 0 spiro atoms. The molecule has 2 aromatic carbocycles. The van der Waals surface area contributed by atoms with E-state index < -0.39 is 17.5 Å². The molecule has 1 unspecified atom stereocenters. The lowest BCUT2D eigenvalue weighted by atomic mass is 10.0. The highest BCUT2D eigenvalue weighted by Gasteiger charge is 2.38. The molecule has 4 rings (SSSR count). The summed E-state index contributed by atoms with van der Waals surface area (Å²) in [5.41, 5.74) is 2.50. The van der Waals surface area contributed by atoms with Gasteiger partial charge in [0.15, 0.2) is 0 Å². The third kappa shape index (κ3) is 5.23. The highest BCUT2D eigenvalue weighted by atomic mass is 19.4. The minimum Gasteiger partial charge on any atom is -0.462 e. The maximum Gasteiger partial charge on any atom is 0.573 e. The van der Waals surface area contributed by atoms with Gasteiger partial charge in [-0.05, 0) is 28.8 Å². The molecule has 1 fully saturated rings. The number of hydrogen-bond donors (Lipinski definition) is 0. The van der Waals surface area contributed by atoms with E-state index in [4.69, 9.17) is 9.47 Å². The molecular weight excluding hydrogens is 419 g/mol. The van der Waals surface area contributed by atoms with Gasteiger partial charge in [0, 0.05) is 4.92 Å². The summed E-state index contributed by atoms with van der Waals surface area (Å²) in [4.78, 5) is 16.1. The zero-order valence-electron chi connectivity index (χ0n) is 16.1. The Kier molecular flexibility index (Phi) is 5.68. The van der Waals surface area contributed by atoms with Gasteiger partial charge in [0.2, 0.25) is 0 Å². The van der Waals surface area contributed by atoms with E-state index in [1.165, 1.54) is 12.1 Å². The fourth-order valence-electron chi connectivity index (χ4n) is 3.34. The molecule has 8 nitrogen and oxygen atoms in total. The lowest BCUT2D eigenvalue weighted by molar-refractivity contribution is -0.518. The first kappa shape index (κ1) is 20.9. The van der Waals surface area contributed by atoms with E-state index in [1.54, 1.807) is 17.0 Å². The Hall–Kier alpha value is -3.34. The first-order chi connectivity index (χ1) is 14.8. The molecule has 31 heavy (non-hydrogen) atoms. The number of amidine groups is 1. The van der Waals surface area contributed by atoms with E-state index in [-0.39, 0.29) is 31.0 Å². The second-order valence-electron chi connectivity index (χ2n) is 7.10. The van der Waals surface area contributed by atoms with Crippen LogP contribution in [-0.2, 0) is 16.1 Å². The number of fused-ring (bicyclic) bond motifs is 1. The van der Waals surface area contributed by atoms with Crippen LogP contribution in [0, 0.1) is 10.1 Å². The highest BCUT2D eigenvalue weighted by molar-refractivity contribution is 5.76. The zero-order chi connectivity index (χ0) is 22.0. The molecule has 2 aromatic rings. The van der Waals surface area contributed by atoms with Gasteiger partial charge in [0.1, 0.15) is 25.0 Å². The van der Waals surface area contributed by atoms with Crippen molar-refractivity contribution in [3.63, 3.8) is 0 Å². The van der Waals surface area contributed by atoms with Gasteiger partial charge < -0.3 is 19.1 Å². The van der Waals surface area contributed by atoms with Gasteiger partial charge in [-0.1, -0.05) is 36.4 Å². The fourth-order valence-corrected chi connectivity index (χ4v) is 3.34. The molecule has 0 aromatic heterocycles. The van der Waals surface area contributed by atoms with Gasteiger partial charge in [-0.3, -0.25) is 10.1 Å². The second-order valence-corrected chi connectivity index (χ2v) is 7.10. The molecule has 0 bridgehead atoms. The van der Waals surface area contributed by atoms with Gasteiger partial charge in [0.25, 0.3) is 6.02 Å². The molecular formula is C20H18F3N3O5. The summed E-state index contributed by atoms with van der Waals surface area (Å²) in [6, 6.07) is 13.4. The van der Waals surface area contributed by atoms with Crippen LogP contribution in [-0.4, -0.2) is 54.2 Å². The van der Waals surface area contributed by atoms with Crippen molar-refractivity contribution < 1.29 is 32.3 Å². The predicted octanol–water partition coefficient (Wildman–Crippen LogP) is 3.44. The van der Waals surface area contributed by atoms with Crippen LogP contribution in [0.1, 0.15) is 5.56 Å². The Morgan fingerprint density at radius 2 is 1.74 bits per heavy atom. The number of ether oxygens (including phenoxy) is 3. The van der Waals surface area contributed by atoms with Gasteiger partial charge in [0.05, 0.1) is 13.2 Å². The number of alkyl halides is 3. The summed E-state index contributed by atoms with van der Waals surface area (Å²) < 4.78 is 52.0. The summed E-state index contributed by atoms with van der Waals surface area (Å²) in [5.74, 6) is -0.272. The minimum atomic E-state index is -4.72. The molecule has 0 N–H and O–H groups in total. The van der Waals surface area contributed by atoms with Gasteiger partial charge in [-0.2, -0.15) is 4.99 Å². The molecule has 0 amide bonds. The van der Waals surface area contributed by atoms with Crippen molar-refractivity contribution in [2.24, 2.45) is 4.99 Å². The van der Waals surface area contributed by atoms with Crippen molar-refractivity contribution in [3.05, 3.63) is 64.2 Å². The summed E-state index contributed by atoms with van der Waals surface area (Å²) >= 11 is 0. The van der Waals surface area contributed by atoms with E-state index in [0.29, 0.717) is 13.2 Å². The fraction of sp³-hybridized carbons (Fsp3) is 0.350. The molecule has 0 saturated carbocycles. The Morgan fingerprint density at radius 1 is 1.10 bits per heavy atom. The van der Waals surface area contributed by atoms with Crippen LogP contribution < -0.4 is 4.74 Å². The number of hydrogen-bond acceptors (Lipinski definition) is 7. The maximum atomic E-state index is 12.3. The third-order valence-electron chi connectivity index (χ3n) is 4.84. The maximum absolute atomic E-state index is 12.3. The van der Waals surface area contributed by atoms with E-state index in [1.807, 2.05) is 24.3 Å². The Labute approximate surface area is 175 Å². The second kappa shape index (κ2) is 8.42. The van der Waals surface area contributed by atoms with Crippen molar-refractivity contribution in [2.75, 3.05) is 19.7 Å². The summed E-state index contributed by atoms with van der Waals surface area (Å²) in [5, 5.41) is 10.9. The first-order valence-electron chi connectivity index (χ1n) is 9.42. The molecule has 2 heterocycles. The zero-order valence-corrected chi connectivity index (χ0v) is 16.1. The minimum absolute atomic E-state index is 0.170. The smallest absolute Gasteiger partial charge is 0.462 e. The monoisotopic (exact) mass is 437 g/mol. The largest absolute Gasteiger partial charge is 0.573 e. The standard InChI is InChI=1S/C20H18F3N3O5/c21-20(22,23)31-16-7-5-15(6-8-16)14-3-1-13(2-4-14)11-29-17-9-25-10-18(26(27)28)24-19(25)30-12-17/h1-8,17-18H,9-12H2/t17-,18?/m0/s1. The van der Waals surface area contributed by atoms with Crippen molar-refractivity contribution in [1.82, 2.24) is 4.90 Å². The highest BCUT2D eigenvalue weighted by Crippen LogP contribution is 2.27. The summed E-state index contributed by atoms with van der Waals surface area (Å²) in [6.07, 6.45) is -5.97. The van der Waals surface area contributed by atoms with Crippen molar-refractivity contribution in [2.45, 2.75) is 25.2 Å². The number of benzene rings is 2. The molecule has 1 saturated heterocycles. The normalized spacial score (nSPS) is 20.6. The van der Waals surface area contributed by atoms with E-state index in [9.17, 15) is 23.3 Å². The lowest BCUT2D eigenvalue weighted by Gasteiger charge is -2.30. The van der Waals surface area contributed by atoms with Crippen molar-refractivity contribution in [1.29, 1.82) is 0 Å². The molecule has 0 aliphatic carbocycles. The van der Waals surface area contributed by atoms with Crippen LogP contribution in [0.2, 0.25) is 0 Å². The Bertz CT molecular complexity index is 964. The molecule has 2 atom stereocenters. The molecule has 2 aliphatic heterocycles. The number of halogens is 3. The van der Waals surface area contributed by atoms with E-state index in [2.05, 4.69) is 9.73 Å². The van der Waals surface area contributed by atoms with Crippen LogP contribution in [0.15, 0.2) is 53.5 Å². The van der Waals surface area contributed by atoms with Gasteiger partial charge in [-0.15, -0.1) is 13.2 Å². The number of aliphatic imine (C=N–C) groups is 1. The van der Waals surface area contributed by atoms with E-state index >= 15 is 0 Å². The molecule has 164 valence electrons. The average Bonchev–Trinajstić information content (AvgIpc) is 3.16. The first-order valence-corrected chi connectivity index (χ1v) is 9.42. The summed E-state index contributed by atoms with van der Waals surface area (Å²) in [7, 11) is 0. The summed E-state index contributed by atoms with van der Waals surface area (Å²) in [6.45, 7) is 1.23. The van der Waals surface area contributed by atoms with Crippen LogP contribution in [0.5, 0.6) is 5.75 Å². The van der Waals surface area contributed by atoms with Gasteiger partial charge >= 0.3 is 12.5 Å². The SMILES string of the molecule is O=[N+]([O-])C1CN2C[C@H](OCc3ccc(-c4ccc(OC(F)(F)F)cc4)cc3)COC2=N1. The average molecular weight is 437 g/mol. The van der Waals surface area contributed by atoms with Crippen molar-refractivity contribution >= 4 is 6.02 Å². The van der Waals surface area contributed by atoms with E-state index in [0.717, 1.165) is 16.7 Å². The number of nitrogens with zero attached hydrogens (tertiary/aromatic N) is 3. The third-order valence-corrected chi connectivity index (χ3v) is 4.84. The van der Waals surface area contributed by atoms with Crippen LogP contribution in [0.4, 0.5) is 13.2 Å². The van der Waals surface area contributed by atoms with Crippen LogP contribution >= 0.6 is 0 Å². The van der Waals surface area contributed by atoms with Crippen LogP contribution in [0.25, 0.3) is 11.1 Å². The molecule has 2 aliphatic rings. The quantitative estimate of drug-likeness (QED) is 0.508. The van der Waals surface area contributed by atoms with Crippen LogP contribution in [0.3, 0.4) is 0 Å². The topological polar surface area (TPSA) is 86.4 Å². The molecule has 0 radical (unpaired) electrons. The van der Waals surface area contributed by atoms with Crippen molar-refractivity contribution in [3.8, 4) is 16.9 Å². The number of nitro groups is 1. The molecule has 11 heteroatoms. The van der Waals surface area contributed by atoms with Gasteiger partial charge in [-0.25, -0.2) is 0 Å².